The molecule has 0 aromatic carbocycles. The van der Waals surface area contributed by atoms with Crippen molar-refractivity contribution in [3.8, 4) is 12.3 Å². The van der Waals surface area contributed by atoms with Gasteiger partial charge in [-0.2, -0.15) is 0 Å². The van der Waals surface area contributed by atoms with E-state index in [0.717, 1.165) is 19.3 Å². The van der Waals surface area contributed by atoms with E-state index >= 15 is 0 Å². The fraction of sp³-hybridized carbons (Fsp3) is 0.778. The first-order valence-corrected chi connectivity index (χ1v) is 4.19. The number of rotatable bonds is 4. The van der Waals surface area contributed by atoms with E-state index in [9.17, 15) is 0 Å². The van der Waals surface area contributed by atoms with Crippen LogP contribution in [0.3, 0.4) is 0 Å². The quantitative estimate of drug-likeness (QED) is 0.335. The highest BCUT2D eigenvalue weighted by Crippen LogP contribution is 2.15. The van der Waals surface area contributed by atoms with Crippen LogP contribution in [0.2, 0.25) is 0 Å². The summed E-state index contributed by atoms with van der Waals surface area (Å²) in [5.74, 6) is 3.21. The summed E-state index contributed by atoms with van der Waals surface area (Å²) < 4.78 is 0. The summed E-state index contributed by atoms with van der Waals surface area (Å²) in [4.78, 5) is 0. The number of unbranched alkanes of at least 4 members (excludes halogenated alkanes) is 1. The molecule has 0 heterocycles. The van der Waals surface area contributed by atoms with E-state index in [1.165, 1.54) is 0 Å². The van der Waals surface area contributed by atoms with E-state index in [1.54, 1.807) is 0 Å². The van der Waals surface area contributed by atoms with Crippen LogP contribution in [-0.2, 0) is 0 Å². The van der Waals surface area contributed by atoms with Crippen molar-refractivity contribution in [3.63, 3.8) is 0 Å². The van der Waals surface area contributed by atoms with E-state index in [1.807, 2.05) is 6.92 Å². The van der Waals surface area contributed by atoms with Gasteiger partial charge < -0.3 is 0 Å². The molecule has 0 saturated carbocycles. The van der Waals surface area contributed by atoms with Gasteiger partial charge in [0.2, 0.25) is 0 Å². The zero-order chi connectivity index (χ0) is 7.98. The lowest BCUT2D eigenvalue weighted by Crippen LogP contribution is -2.06. The third-order valence-electron chi connectivity index (χ3n) is 1.76. The number of hydrogen-bond donors (Lipinski definition) is 0. The molecule has 0 aliphatic carbocycles. The fourth-order valence-corrected chi connectivity index (χ4v) is 0.882. The standard InChI is InChI=1S/C9H15Cl/c1-4-5-6-7-8(2)9(3)10/h1,8-9H,5-7H2,2-3H3. The van der Waals surface area contributed by atoms with Crippen molar-refractivity contribution in [1.82, 2.24) is 0 Å². The molecule has 2 unspecified atom stereocenters. The number of alkyl halides is 1. The molecule has 0 nitrogen and oxygen atoms in total. The summed E-state index contributed by atoms with van der Waals surface area (Å²) in [6.07, 6.45) is 8.24. The van der Waals surface area contributed by atoms with Gasteiger partial charge >= 0.3 is 0 Å². The van der Waals surface area contributed by atoms with Crippen LogP contribution in [0.4, 0.5) is 0 Å². The molecule has 0 aromatic rings. The average Bonchev–Trinajstić information content (AvgIpc) is 1.88. The van der Waals surface area contributed by atoms with Crippen molar-refractivity contribution < 1.29 is 0 Å². The first-order valence-electron chi connectivity index (χ1n) is 3.76. The molecular weight excluding hydrogens is 144 g/mol. The monoisotopic (exact) mass is 158 g/mol. The fourth-order valence-electron chi connectivity index (χ4n) is 0.756. The van der Waals surface area contributed by atoms with Crippen molar-refractivity contribution in [2.24, 2.45) is 5.92 Å². The van der Waals surface area contributed by atoms with Crippen LogP contribution in [-0.4, -0.2) is 5.38 Å². The molecular formula is C9H15Cl. The van der Waals surface area contributed by atoms with Crippen LogP contribution in [0.15, 0.2) is 0 Å². The minimum Gasteiger partial charge on any atom is -0.123 e. The largest absolute Gasteiger partial charge is 0.123 e. The molecule has 0 fully saturated rings. The maximum absolute atomic E-state index is 5.86. The molecule has 10 heavy (non-hydrogen) atoms. The Kier molecular flexibility index (Phi) is 5.54. The number of halogens is 1. The van der Waals surface area contributed by atoms with E-state index in [4.69, 9.17) is 18.0 Å². The van der Waals surface area contributed by atoms with Gasteiger partial charge in [0, 0.05) is 11.8 Å². The molecule has 0 aliphatic rings. The lowest BCUT2D eigenvalue weighted by Gasteiger charge is -2.11. The maximum atomic E-state index is 5.86. The zero-order valence-corrected chi connectivity index (χ0v) is 7.49. The maximum Gasteiger partial charge on any atom is 0.0333 e. The Morgan fingerprint density at radius 3 is 2.50 bits per heavy atom. The molecule has 0 spiro atoms. The number of hydrogen-bond acceptors (Lipinski definition) is 0. The molecule has 0 aliphatic heterocycles. The average molecular weight is 159 g/mol. The predicted octanol–water partition coefficient (Wildman–Crippen LogP) is 3.05. The minimum absolute atomic E-state index is 0.276. The lowest BCUT2D eigenvalue weighted by molar-refractivity contribution is 0.506. The van der Waals surface area contributed by atoms with E-state index in [2.05, 4.69) is 12.8 Å². The van der Waals surface area contributed by atoms with E-state index in [0.29, 0.717) is 5.92 Å². The Bertz CT molecular complexity index is 110. The zero-order valence-electron chi connectivity index (χ0n) is 6.73. The van der Waals surface area contributed by atoms with Gasteiger partial charge in [0.1, 0.15) is 0 Å². The number of terminal acetylenes is 1. The predicted molar refractivity (Wildman–Crippen MR) is 47.2 cm³/mol. The lowest BCUT2D eigenvalue weighted by atomic mass is 10.0. The van der Waals surface area contributed by atoms with Gasteiger partial charge in [0.25, 0.3) is 0 Å². The van der Waals surface area contributed by atoms with Crippen LogP contribution >= 0.6 is 11.6 Å². The molecule has 0 radical (unpaired) electrons. The third-order valence-corrected chi connectivity index (χ3v) is 2.19. The summed E-state index contributed by atoms with van der Waals surface area (Å²) in [7, 11) is 0. The van der Waals surface area contributed by atoms with Crippen LogP contribution < -0.4 is 0 Å². The van der Waals surface area contributed by atoms with Crippen molar-refractivity contribution in [1.29, 1.82) is 0 Å². The molecule has 0 saturated heterocycles. The van der Waals surface area contributed by atoms with Gasteiger partial charge in [-0.25, -0.2) is 0 Å². The van der Waals surface area contributed by atoms with E-state index < -0.39 is 0 Å². The SMILES string of the molecule is C#CCCCC(C)C(C)Cl. The highest BCUT2D eigenvalue weighted by Gasteiger charge is 2.06. The van der Waals surface area contributed by atoms with Crippen LogP contribution in [0.25, 0.3) is 0 Å². The first kappa shape index (κ1) is 9.85. The second-order valence-electron chi connectivity index (χ2n) is 2.75. The summed E-state index contributed by atoms with van der Waals surface area (Å²) in [5.41, 5.74) is 0. The molecule has 0 bridgehead atoms. The van der Waals surface area contributed by atoms with Gasteiger partial charge in [0.15, 0.2) is 0 Å². The first-order chi connectivity index (χ1) is 4.68. The molecule has 1 heteroatoms. The second-order valence-corrected chi connectivity index (χ2v) is 3.44. The van der Waals surface area contributed by atoms with Gasteiger partial charge in [-0.05, 0) is 25.7 Å². The second kappa shape index (κ2) is 5.62. The van der Waals surface area contributed by atoms with Crippen LogP contribution in [0, 0.1) is 18.3 Å². The Morgan fingerprint density at radius 2 is 2.10 bits per heavy atom. The molecule has 2 atom stereocenters. The van der Waals surface area contributed by atoms with Gasteiger partial charge in [-0.1, -0.05) is 6.92 Å². The van der Waals surface area contributed by atoms with Gasteiger partial charge in [0.05, 0.1) is 0 Å². The normalized spacial score (nSPS) is 15.8. The summed E-state index contributed by atoms with van der Waals surface area (Å²) >= 11 is 5.86. The topological polar surface area (TPSA) is 0 Å². The molecule has 0 N–H and O–H groups in total. The smallest absolute Gasteiger partial charge is 0.0333 e. The van der Waals surface area contributed by atoms with Crippen molar-refractivity contribution in [2.75, 3.05) is 0 Å². The third kappa shape index (κ3) is 4.70. The highest BCUT2D eigenvalue weighted by atomic mass is 35.5. The Labute approximate surface area is 69.0 Å². The summed E-state index contributed by atoms with van der Waals surface area (Å²) in [5, 5.41) is 0.276. The summed E-state index contributed by atoms with van der Waals surface area (Å²) in [6, 6.07) is 0. The van der Waals surface area contributed by atoms with Crippen LogP contribution in [0.1, 0.15) is 33.1 Å². The summed E-state index contributed by atoms with van der Waals surface area (Å²) in [6.45, 7) is 4.19. The van der Waals surface area contributed by atoms with Crippen molar-refractivity contribution >= 4 is 11.6 Å². The van der Waals surface area contributed by atoms with E-state index in [-0.39, 0.29) is 5.38 Å². The Morgan fingerprint density at radius 1 is 1.50 bits per heavy atom. The molecule has 0 rings (SSSR count). The van der Waals surface area contributed by atoms with Gasteiger partial charge in [-0.15, -0.1) is 23.9 Å². The molecule has 0 aromatic heterocycles. The van der Waals surface area contributed by atoms with Crippen LogP contribution in [0.5, 0.6) is 0 Å². The van der Waals surface area contributed by atoms with Crippen molar-refractivity contribution in [3.05, 3.63) is 0 Å². The molecule has 0 amide bonds. The Balaban J connectivity index is 3.23. The highest BCUT2D eigenvalue weighted by molar-refractivity contribution is 6.20. The Hall–Kier alpha value is -0.150. The van der Waals surface area contributed by atoms with Gasteiger partial charge in [-0.3, -0.25) is 0 Å². The molecule has 58 valence electrons. The minimum atomic E-state index is 0.276. The van der Waals surface area contributed by atoms with Crippen molar-refractivity contribution in [2.45, 2.75) is 38.5 Å².